The van der Waals surface area contributed by atoms with E-state index in [0.717, 1.165) is 29.7 Å². The van der Waals surface area contributed by atoms with Gasteiger partial charge in [-0.15, -0.1) is 0 Å². The lowest BCUT2D eigenvalue weighted by molar-refractivity contribution is -0.110. The van der Waals surface area contributed by atoms with Crippen molar-refractivity contribution < 1.29 is 24.3 Å². The summed E-state index contributed by atoms with van der Waals surface area (Å²) in [7, 11) is 1.51. The molecule has 0 unspecified atom stereocenters. The number of aromatic hydroxyl groups is 1. The minimum Gasteiger partial charge on any atom is -0.504 e. The van der Waals surface area contributed by atoms with Gasteiger partial charge < -0.3 is 24.8 Å². The first-order valence-corrected chi connectivity index (χ1v) is 11.8. The van der Waals surface area contributed by atoms with E-state index in [1.165, 1.54) is 7.11 Å². The van der Waals surface area contributed by atoms with Gasteiger partial charge in [0.25, 0.3) is 5.91 Å². The van der Waals surface area contributed by atoms with E-state index in [1.807, 2.05) is 36.4 Å². The van der Waals surface area contributed by atoms with Gasteiger partial charge in [0.15, 0.2) is 17.3 Å². The highest BCUT2D eigenvalue weighted by atomic mass is 35.5. The van der Waals surface area contributed by atoms with Gasteiger partial charge in [-0.25, -0.2) is 0 Å². The van der Waals surface area contributed by atoms with Crippen LogP contribution in [0.15, 0.2) is 65.2 Å². The van der Waals surface area contributed by atoms with Crippen molar-refractivity contribution in [1.29, 1.82) is 0 Å². The SMILES string of the molecule is COc1cccc(-c2ccc(-c3cc4c(cc3Cl)NC(=O)C4=C(O)c3cc(C4CC4)no3)cc2)c1O. The summed E-state index contributed by atoms with van der Waals surface area (Å²) in [6, 6.07) is 18.0. The van der Waals surface area contributed by atoms with Crippen LogP contribution in [0, 0.1) is 0 Å². The highest BCUT2D eigenvalue weighted by Gasteiger charge is 2.33. The number of phenolic OH excluding ortho intramolecular Hbond substituents is 1. The Bertz CT molecular complexity index is 1550. The number of methoxy groups -OCH3 is 1. The molecule has 6 rings (SSSR count). The fourth-order valence-corrected chi connectivity index (χ4v) is 4.76. The normalized spacial score (nSPS) is 16.0. The molecule has 2 aliphatic rings. The summed E-state index contributed by atoms with van der Waals surface area (Å²) in [4.78, 5) is 12.8. The summed E-state index contributed by atoms with van der Waals surface area (Å²) >= 11 is 6.59. The van der Waals surface area contributed by atoms with Crippen LogP contribution in [0.5, 0.6) is 11.5 Å². The van der Waals surface area contributed by atoms with Gasteiger partial charge in [-0.2, -0.15) is 0 Å². The van der Waals surface area contributed by atoms with Gasteiger partial charge in [0.1, 0.15) is 0 Å². The van der Waals surface area contributed by atoms with E-state index in [2.05, 4.69) is 10.5 Å². The number of para-hydroxylation sites is 1. The first kappa shape index (κ1) is 22.2. The van der Waals surface area contributed by atoms with E-state index < -0.39 is 5.91 Å². The van der Waals surface area contributed by atoms with Crippen LogP contribution in [0.4, 0.5) is 5.69 Å². The maximum atomic E-state index is 12.8. The second-order valence-corrected chi connectivity index (χ2v) is 9.29. The topological polar surface area (TPSA) is 105 Å². The molecule has 180 valence electrons. The Labute approximate surface area is 211 Å². The van der Waals surface area contributed by atoms with Crippen molar-refractivity contribution in [1.82, 2.24) is 5.16 Å². The van der Waals surface area contributed by atoms with Crippen LogP contribution in [0.3, 0.4) is 0 Å². The quantitative estimate of drug-likeness (QED) is 0.210. The Balaban J connectivity index is 1.39. The number of fused-ring (bicyclic) bond motifs is 1. The van der Waals surface area contributed by atoms with Crippen LogP contribution in [-0.4, -0.2) is 28.4 Å². The Morgan fingerprint density at radius 2 is 1.78 bits per heavy atom. The third-order valence-corrected chi connectivity index (χ3v) is 6.88. The van der Waals surface area contributed by atoms with Crippen molar-refractivity contribution in [3.8, 4) is 33.8 Å². The molecule has 2 heterocycles. The summed E-state index contributed by atoms with van der Waals surface area (Å²) < 4.78 is 10.5. The average molecular weight is 501 g/mol. The van der Waals surface area contributed by atoms with Gasteiger partial charge in [0.2, 0.25) is 5.76 Å². The number of ether oxygens (including phenoxy) is 1. The molecule has 1 aliphatic carbocycles. The molecule has 0 bridgehead atoms. The summed E-state index contributed by atoms with van der Waals surface area (Å²) in [5, 5.41) is 28.7. The van der Waals surface area contributed by atoms with Crippen LogP contribution < -0.4 is 10.1 Å². The number of rotatable bonds is 5. The Morgan fingerprint density at radius 1 is 1.06 bits per heavy atom. The van der Waals surface area contributed by atoms with Crippen molar-refractivity contribution in [3.63, 3.8) is 0 Å². The number of halogens is 1. The van der Waals surface area contributed by atoms with Crippen molar-refractivity contribution in [3.05, 3.63) is 82.7 Å². The lowest BCUT2D eigenvalue weighted by Crippen LogP contribution is -2.05. The predicted octanol–water partition coefficient (Wildman–Crippen LogP) is 6.63. The summed E-state index contributed by atoms with van der Waals surface area (Å²) in [5.74, 6) is 0.277. The molecule has 36 heavy (non-hydrogen) atoms. The van der Waals surface area contributed by atoms with Crippen LogP contribution >= 0.6 is 11.6 Å². The number of amides is 1. The van der Waals surface area contributed by atoms with Crippen LogP contribution in [-0.2, 0) is 4.79 Å². The number of carbonyl (C=O) groups excluding carboxylic acids is 1. The summed E-state index contributed by atoms with van der Waals surface area (Å²) in [6.45, 7) is 0. The maximum Gasteiger partial charge on any atom is 0.260 e. The number of carbonyl (C=O) groups is 1. The van der Waals surface area contributed by atoms with Crippen molar-refractivity contribution in [2.75, 3.05) is 12.4 Å². The molecule has 0 spiro atoms. The molecule has 3 N–H and O–H groups in total. The fourth-order valence-electron chi connectivity index (χ4n) is 4.49. The summed E-state index contributed by atoms with van der Waals surface area (Å²) in [5.41, 5.74) is 4.88. The standard InChI is InChI=1S/C28H21ClN2O5/c1-35-23-4-2-3-17(26(23)32)14-5-7-15(8-6-14)18-11-19-22(12-20(18)29)30-28(34)25(19)27(33)24-13-21(31-36-24)16-9-10-16/h2-8,11-13,16,32-33H,9-10H2,1H3,(H,30,34). The van der Waals surface area contributed by atoms with Gasteiger partial charge >= 0.3 is 0 Å². The van der Waals surface area contributed by atoms with Crippen molar-refractivity contribution >= 4 is 34.5 Å². The van der Waals surface area contributed by atoms with Gasteiger partial charge in [0, 0.05) is 28.7 Å². The van der Waals surface area contributed by atoms with Gasteiger partial charge in [0.05, 0.1) is 29.1 Å². The molecule has 1 fully saturated rings. The highest BCUT2D eigenvalue weighted by Crippen LogP contribution is 2.44. The second kappa shape index (κ2) is 8.46. The van der Waals surface area contributed by atoms with E-state index in [1.54, 1.807) is 24.3 Å². The number of aromatic nitrogens is 1. The number of phenols is 1. The Morgan fingerprint density at radius 3 is 2.47 bits per heavy atom. The zero-order chi connectivity index (χ0) is 25.0. The average Bonchev–Trinajstić information content (AvgIpc) is 3.52. The largest absolute Gasteiger partial charge is 0.504 e. The first-order chi connectivity index (χ1) is 17.4. The maximum absolute atomic E-state index is 12.8. The minimum absolute atomic E-state index is 0.0652. The fraction of sp³-hybridized carbons (Fsp3) is 0.143. The number of aliphatic hydroxyl groups excluding tert-OH is 1. The van der Waals surface area contributed by atoms with Crippen molar-refractivity contribution in [2.24, 2.45) is 0 Å². The minimum atomic E-state index is -0.441. The van der Waals surface area contributed by atoms with Crippen LogP contribution in [0.1, 0.15) is 35.8 Å². The number of aliphatic hydroxyl groups is 1. The van der Waals surface area contributed by atoms with E-state index in [4.69, 9.17) is 20.9 Å². The lowest BCUT2D eigenvalue weighted by Gasteiger charge is -2.11. The van der Waals surface area contributed by atoms with Gasteiger partial charge in [-0.3, -0.25) is 4.79 Å². The molecule has 3 aromatic carbocycles. The third kappa shape index (κ3) is 3.69. The monoisotopic (exact) mass is 500 g/mol. The van der Waals surface area contributed by atoms with Crippen molar-refractivity contribution in [2.45, 2.75) is 18.8 Å². The highest BCUT2D eigenvalue weighted by molar-refractivity contribution is 6.38. The van der Waals surface area contributed by atoms with Gasteiger partial charge in [-0.1, -0.05) is 53.2 Å². The number of nitrogens with zero attached hydrogens (tertiary/aromatic N) is 1. The molecular weight excluding hydrogens is 480 g/mol. The second-order valence-electron chi connectivity index (χ2n) is 8.88. The Kier molecular flexibility index (Phi) is 5.23. The number of hydrogen-bond donors (Lipinski definition) is 3. The zero-order valence-electron chi connectivity index (χ0n) is 19.2. The van der Waals surface area contributed by atoms with E-state index >= 15 is 0 Å². The zero-order valence-corrected chi connectivity index (χ0v) is 20.0. The Hall–Kier alpha value is -4.23. The lowest BCUT2D eigenvalue weighted by atomic mass is 9.96. The van der Waals surface area contributed by atoms with Crippen LogP contribution in [0.25, 0.3) is 33.6 Å². The molecule has 0 atom stereocenters. The number of hydrogen-bond acceptors (Lipinski definition) is 6. The molecule has 7 nitrogen and oxygen atoms in total. The molecule has 1 aliphatic heterocycles. The predicted molar refractivity (Wildman–Crippen MR) is 137 cm³/mol. The van der Waals surface area contributed by atoms with E-state index in [9.17, 15) is 15.0 Å². The molecule has 0 radical (unpaired) electrons. The molecule has 4 aromatic rings. The molecular formula is C28H21ClN2O5. The number of benzene rings is 3. The van der Waals surface area contributed by atoms with E-state index in [0.29, 0.717) is 39.1 Å². The first-order valence-electron chi connectivity index (χ1n) is 11.5. The molecule has 8 heteroatoms. The molecule has 1 aromatic heterocycles. The molecule has 1 amide bonds. The summed E-state index contributed by atoms with van der Waals surface area (Å²) in [6.07, 6.45) is 2.09. The smallest absolute Gasteiger partial charge is 0.260 e. The molecule has 1 saturated carbocycles. The van der Waals surface area contributed by atoms with Gasteiger partial charge in [-0.05, 0) is 42.2 Å². The number of anilines is 1. The molecule has 0 saturated heterocycles. The van der Waals surface area contributed by atoms with Crippen LogP contribution in [0.2, 0.25) is 5.02 Å². The third-order valence-electron chi connectivity index (χ3n) is 6.57. The van der Waals surface area contributed by atoms with E-state index in [-0.39, 0.29) is 22.8 Å². The number of nitrogens with one attached hydrogen (secondary N) is 1.